The molecule has 0 radical (unpaired) electrons. The summed E-state index contributed by atoms with van der Waals surface area (Å²) in [6.07, 6.45) is -0.619. The van der Waals surface area contributed by atoms with Gasteiger partial charge in [0.1, 0.15) is 5.75 Å². The molecular weight excluding hydrogens is 212 g/mol. The number of hydrogen-bond donors (Lipinski definition) is 1. The molecule has 0 unspecified atom stereocenters. The van der Waals surface area contributed by atoms with Crippen LogP contribution in [0.3, 0.4) is 0 Å². The average Bonchev–Trinajstić information content (AvgIpc) is 2.15. The highest BCUT2D eigenvalue weighted by atomic mass is 35.5. The van der Waals surface area contributed by atoms with Crippen molar-refractivity contribution in [2.75, 3.05) is 7.11 Å². The lowest BCUT2D eigenvalue weighted by Gasteiger charge is -2.18. The molecule has 1 rings (SSSR count). The number of halogens is 1. The number of benzene rings is 1. The summed E-state index contributed by atoms with van der Waals surface area (Å²) < 4.78 is 5.34. The molecule has 0 fully saturated rings. The van der Waals surface area contributed by atoms with Crippen LogP contribution < -0.4 is 4.74 Å². The standard InChI is InChI=1S/C12H17ClO2/c1-7(2)9-5-6-10(13)11(8(3)14)12(9)15-4/h5-8,14H,1-4H3/t8-/m1/s1. The van der Waals surface area contributed by atoms with Gasteiger partial charge in [0, 0.05) is 5.56 Å². The maximum atomic E-state index is 9.66. The smallest absolute Gasteiger partial charge is 0.129 e. The number of ether oxygens (including phenoxy) is 1. The summed E-state index contributed by atoms with van der Waals surface area (Å²) in [7, 11) is 1.60. The highest BCUT2D eigenvalue weighted by Gasteiger charge is 2.18. The fourth-order valence-corrected chi connectivity index (χ4v) is 1.97. The van der Waals surface area contributed by atoms with E-state index in [1.807, 2.05) is 12.1 Å². The second-order valence-corrected chi connectivity index (χ2v) is 4.32. The van der Waals surface area contributed by atoms with Crippen LogP contribution in [0.5, 0.6) is 5.75 Å². The van der Waals surface area contributed by atoms with Crippen molar-refractivity contribution >= 4 is 11.6 Å². The van der Waals surface area contributed by atoms with Gasteiger partial charge in [0.05, 0.1) is 18.2 Å². The van der Waals surface area contributed by atoms with E-state index in [9.17, 15) is 5.11 Å². The maximum Gasteiger partial charge on any atom is 0.129 e. The van der Waals surface area contributed by atoms with Gasteiger partial charge in [0.2, 0.25) is 0 Å². The Morgan fingerprint density at radius 1 is 1.27 bits per heavy atom. The SMILES string of the molecule is COc1c(C(C)C)ccc(Cl)c1[C@@H](C)O. The largest absolute Gasteiger partial charge is 0.496 e. The van der Waals surface area contributed by atoms with Crippen molar-refractivity contribution in [2.45, 2.75) is 32.8 Å². The van der Waals surface area contributed by atoms with Crippen LogP contribution in [-0.4, -0.2) is 12.2 Å². The van der Waals surface area contributed by atoms with Gasteiger partial charge in [-0.3, -0.25) is 0 Å². The Labute approximate surface area is 95.8 Å². The zero-order chi connectivity index (χ0) is 11.6. The Balaban J connectivity index is 3.40. The number of rotatable bonds is 3. The van der Waals surface area contributed by atoms with Crippen molar-refractivity contribution in [3.63, 3.8) is 0 Å². The Kier molecular flexibility index (Phi) is 4.00. The highest BCUT2D eigenvalue weighted by molar-refractivity contribution is 6.31. The number of hydrogen-bond acceptors (Lipinski definition) is 2. The lowest BCUT2D eigenvalue weighted by atomic mass is 9.97. The molecule has 0 aromatic heterocycles. The zero-order valence-electron chi connectivity index (χ0n) is 9.54. The van der Waals surface area contributed by atoms with Crippen molar-refractivity contribution in [3.8, 4) is 5.75 Å². The molecule has 0 aliphatic heterocycles. The molecule has 0 aliphatic rings. The molecule has 1 aromatic rings. The van der Waals surface area contributed by atoms with Crippen molar-refractivity contribution in [2.24, 2.45) is 0 Å². The first kappa shape index (κ1) is 12.3. The minimum atomic E-state index is -0.619. The first-order valence-corrected chi connectivity index (χ1v) is 5.41. The monoisotopic (exact) mass is 228 g/mol. The third kappa shape index (κ3) is 2.44. The molecule has 3 heteroatoms. The number of aliphatic hydroxyl groups excluding tert-OH is 1. The van der Waals surface area contributed by atoms with Crippen LogP contribution in [-0.2, 0) is 0 Å². The van der Waals surface area contributed by atoms with Crippen molar-refractivity contribution < 1.29 is 9.84 Å². The number of aliphatic hydroxyl groups is 1. The molecule has 0 bridgehead atoms. The molecular formula is C12H17ClO2. The second kappa shape index (κ2) is 4.86. The van der Waals surface area contributed by atoms with Gasteiger partial charge >= 0.3 is 0 Å². The maximum absolute atomic E-state index is 9.66. The van der Waals surface area contributed by atoms with Crippen molar-refractivity contribution in [1.29, 1.82) is 0 Å². The van der Waals surface area contributed by atoms with Gasteiger partial charge in [0.25, 0.3) is 0 Å². The zero-order valence-corrected chi connectivity index (χ0v) is 10.3. The van der Waals surface area contributed by atoms with E-state index in [1.165, 1.54) is 0 Å². The second-order valence-electron chi connectivity index (χ2n) is 3.91. The molecule has 15 heavy (non-hydrogen) atoms. The van der Waals surface area contributed by atoms with Gasteiger partial charge < -0.3 is 9.84 Å². The third-order valence-corrected chi connectivity index (χ3v) is 2.75. The topological polar surface area (TPSA) is 29.5 Å². The predicted molar refractivity (Wildman–Crippen MR) is 62.7 cm³/mol. The minimum Gasteiger partial charge on any atom is -0.496 e. The van der Waals surface area contributed by atoms with Gasteiger partial charge in [-0.1, -0.05) is 31.5 Å². The summed E-state index contributed by atoms with van der Waals surface area (Å²) in [4.78, 5) is 0. The molecule has 84 valence electrons. The van der Waals surface area contributed by atoms with Gasteiger partial charge in [-0.05, 0) is 24.5 Å². The lowest BCUT2D eigenvalue weighted by molar-refractivity contribution is 0.194. The normalized spacial score (nSPS) is 13.0. The van der Waals surface area contributed by atoms with E-state index >= 15 is 0 Å². The summed E-state index contributed by atoms with van der Waals surface area (Å²) in [6.45, 7) is 5.85. The molecule has 1 aromatic carbocycles. The molecule has 1 atom stereocenters. The van der Waals surface area contributed by atoms with E-state index in [2.05, 4.69) is 13.8 Å². The molecule has 0 heterocycles. The Morgan fingerprint density at radius 3 is 2.27 bits per heavy atom. The molecule has 1 N–H and O–H groups in total. The molecule has 0 saturated heterocycles. The summed E-state index contributed by atoms with van der Waals surface area (Å²) in [5.41, 5.74) is 1.74. The molecule has 0 amide bonds. The fourth-order valence-electron chi connectivity index (χ4n) is 1.66. The molecule has 0 saturated carbocycles. The van der Waals surface area contributed by atoms with Crippen LogP contribution in [0.2, 0.25) is 5.02 Å². The van der Waals surface area contributed by atoms with Crippen LogP contribution in [0.4, 0.5) is 0 Å². The highest BCUT2D eigenvalue weighted by Crippen LogP contribution is 2.38. The van der Waals surface area contributed by atoms with Crippen molar-refractivity contribution in [3.05, 3.63) is 28.3 Å². The van der Waals surface area contributed by atoms with E-state index in [0.29, 0.717) is 22.3 Å². The van der Waals surface area contributed by atoms with Crippen LogP contribution in [0.1, 0.15) is 43.9 Å². The average molecular weight is 229 g/mol. The van der Waals surface area contributed by atoms with E-state index in [0.717, 1.165) is 5.56 Å². The van der Waals surface area contributed by atoms with E-state index in [-0.39, 0.29) is 0 Å². The quantitative estimate of drug-likeness (QED) is 0.858. The van der Waals surface area contributed by atoms with Crippen LogP contribution >= 0.6 is 11.6 Å². The summed E-state index contributed by atoms with van der Waals surface area (Å²) in [5.74, 6) is 1.04. The molecule has 0 spiro atoms. The van der Waals surface area contributed by atoms with E-state index in [4.69, 9.17) is 16.3 Å². The summed E-state index contributed by atoms with van der Waals surface area (Å²) in [5, 5.41) is 10.2. The number of methoxy groups -OCH3 is 1. The lowest BCUT2D eigenvalue weighted by Crippen LogP contribution is -2.02. The van der Waals surface area contributed by atoms with Crippen LogP contribution in [0.15, 0.2) is 12.1 Å². The van der Waals surface area contributed by atoms with E-state index in [1.54, 1.807) is 14.0 Å². The molecule has 0 aliphatic carbocycles. The first-order chi connectivity index (χ1) is 6.99. The molecule has 2 nitrogen and oxygen atoms in total. The van der Waals surface area contributed by atoms with Crippen LogP contribution in [0, 0.1) is 0 Å². The fraction of sp³-hybridized carbons (Fsp3) is 0.500. The first-order valence-electron chi connectivity index (χ1n) is 5.03. The van der Waals surface area contributed by atoms with Crippen LogP contribution in [0.25, 0.3) is 0 Å². The minimum absolute atomic E-state index is 0.342. The summed E-state index contributed by atoms with van der Waals surface area (Å²) >= 11 is 6.04. The Bertz CT molecular complexity index is 346. The van der Waals surface area contributed by atoms with Crippen molar-refractivity contribution in [1.82, 2.24) is 0 Å². The third-order valence-electron chi connectivity index (χ3n) is 2.42. The Hall–Kier alpha value is -0.730. The summed E-state index contributed by atoms with van der Waals surface area (Å²) in [6, 6.07) is 3.75. The van der Waals surface area contributed by atoms with Gasteiger partial charge in [-0.25, -0.2) is 0 Å². The van der Waals surface area contributed by atoms with Gasteiger partial charge in [-0.15, -0.1) is 0 Å². The van der Waals surface area contributed by atoms with Gasteiger partial charge in [0.15, 0.2) is 0 Å². The predicted octanol–water partition coefficient (Wildman–Crippen LogP) is 3.53. The van der Waals surface area contributed by atoms with Gasteiger partial charge in [-0.2, -0.15) is 0 Å². The van der Waals surface area contributed by atoms with E-state index < -0.39 is 6.10 Å². The Morgan fingerprint density at radius 2 is 1.87 bits per heavy atom.